The summed E-state index contributed by atoms with van der Waals surface area (Å²) in [6, 6.07) is 7.30. The SMILES string of the molecule is O=C(C=Cc1ccc2c(c1)OCO2)N1CCC(Oc2ccncn2)C1. The van der Waals surface area contributed by atoms with E-state index in [1.807, 2.05) is 18.2 Å². The van der Waals surface area contributed by atoms with Gasteiger partial charge in [-0.2, -0.15) is 0 Å². The van der Waals surface area contributed by atoms with Gasteiger partial charge in [0.15, 0.2) is 11.5 Å². The second-order valence-corrected chi connectivity index (χ2v) is 5.81. The molecule has 1 fully saturated rings. The molecule has 0 N–H and O–H groups in total. The van der Waals surface area contributed by atoms with E-state index in [2.05, 4.69) is 9.97 Å². The summed E-state index contributed by atoms with van der Waals surface area (Å²) in [5.74, 6) is 1.93. The van der Waals surface area contributed by atoms with Crippen LogP contribution < -0.4 is 14.2 Å². The first kappa shape index (κ1) is 15.4. The zero-order valence-corrected chi connectivity index (χ0v) is 13.5. The number of carbonyl (C=O) groups is 1. The fourth-order valence-corrected chi connectivity index (χ4v) is 2.83. The Kier molecular flexibility index (Phi) is 4.20. The van der Waals surface area contributed by atoms with Gasteiger partial charge in [-0.25, -0.2) is 9.97 Å². The van der Waals surface area contributed by atoms with Crippen molar-refractivity contribution in [2.45, 2.75) is 12.5 Å². The summed E-state index contributed by atoms with van der Waals surface area (Å²) < 4.78 is 16.4. The van der Waals surface area contributed by atoms with Gasteiger partial charge in [0.25, 0.3) is 0 Å². The molecule has 0 aliphatic carbocycles. The third-order valence-electron chi connectivity index (χ3n) is 4.11. The van der Waals surface area contributed by atoms with Crippen LogP contribution in [0.1, 0.15) is 12.0 Å². The number of likely N-dealkylation sites (tertiary alicyclic amines) is 1. The Morgan fingerprint density at radius 2 is 2.20 bits per heavy atom. The lowest BCUT2D eigenvalue weighted by molar-refractivity contribution is -0.125. The zero-order valence-electron chi connectivity index (χ0n) is 13.5. The van der Waals surface area contributed by atoms with Crippen LogP contribution in [0, 0.1) is 0 Å². The first-order chi connectivity index (χ1) is 12.3. The highest BCUT2D eigenvalue weighted by molar-refractivity contribution is 5.92. The normalized spacial score (nSPS) is 18.7. The molecule has 3 heterocycles. The van der Waals surface area contributed by atoms with E-state index in [4.69, 9.17) is 14.2 Å². The van der Waals surface area contributed by atoms with Crippen LogP contribution in [0.25, 0.3) is 6.08 Å². The Hall–Kier alpha value is -3.09. The third-order valence-corrected chi connectivity index (χ3v) is 4.11. The molecule has 2 aliphatic rings. The van der Waals surface area contributed by atoms with Crippen molar-refractivity contribution < 1.29 is 19.0 Å². The summed E-state index contributed by atoms with van der Waals surface area (Å²) in [6.07, 6.45) is 7.18. The number of ether oxygens (including phenoxy) is 3. The first-order valence-electron chi connectivity index (χ1n) is 8.07. The molecule has 1 aromatic carbocycles. The highest BCUT2D eigenvalue weighted by atomic mass is 16.7. The van der Waals surface area contributed by atoms with Crippen molar-refractivity contribution in [3.8, 4) is 17.4 Å². The molecule has 25 heavy (non-hydrogen) atoms. The van der Waals surface area contributed by atoms with E-state index < -0.39 is 0 Å². The molecule has 1 unspecified atom stereocenters. The van der Waals surface area contributed by atoms with Crippen LogP contribution in [-0.2, 0) is 4.79 Å². The summed E-state index contributed by atoms with van der Waals surface area (Å²) in [5, 5.41) is 0. The largest absolute Gasteiger partial charge is 0.472 e. The Bertz CT molecular complexity index is 794. The van der Waals surface area contributed by atoms with E-state index in [0.29, 0.717) is 24.7 Å². The van der Waals surface area contributed by atoms with Gasteiger partial charge in [-0.05, 0) is 23.8 Å². The predicted octanol–water partition coefficient (Wildman–Crippen LogP) is 1.90. The first-order valence-corrected chi connectivity index (χ1v) is 8.07. The third kappa shape index (κ3) is 3.55. The van der Waals surface area contributed by atoms with E-state index in [0.717, 1.165) is 17.7 Å². The van der Waals surface area contributed by atoms with Crippen LogP contribution in [0.4, 0.5) is 0 Å². The smallest absolute Gasteiger partial charge is 0.246 e. The number of nitrogens with zero attached hydrogens (tertiary/aromatic N) is 3. The molecule has 1 saturated heterocycles. The molecule has 2 aliphatic heterocycles. The number of rotatable bonds is 4. The quantitative estimate of drug-likeness (QED) is 0.792. The highest BCUT2D eigenvalue weighted by Crippen LogP contribution is 2.32. The van der Waals surface area contributed by atoms with Crippen molar-refractivity contribution in [1.82, 2.24) is 14.9 Å². The molecule has 2 aromatic rings. The molecule has 7 heteroatoms. The summed E-state index contributed by atoms with van der Waals surface area (Å²) in [6.45, 7) is 1.46. The maximum Gasteiger partial charge on any atom is 0.246 e. The minimum Gasteiger partial charge on any atom is -0.472 e. The van der Waals surface area contributed by atoms with E-state index in [1.54, 1.807) is 29.3 Å². The minimum absolute atomic E-state index is 0.0357. The summed E-state index contributed by atoms with van der Waals surface area (Å²) in [4.78, 5) is 22.0. The number of benzene rings is 1. The van der Waals surface area contributed by atoms with Crippen LogP contribution in [0.3, 0.4) is 0 Å². The molecule has 1 amide bonds. The van der Waals surface area contributed by atoms with Crippen molar-refractivity contribution >= 4 is 12.0 Å². The van der Waals surface area contributed by atoms with Crippen LogP contribution in [0.15, 0.2) is 42.9 Å². The molecule has 0 spiro atoms. The molecule has 0 radical (unpaired) electrons. The lowest BCUT2D eigenvalue weighted by Crippen LogP contribution is -2.29. The second kappa shape index (κ2) is 6.80. The van der Waals surface area contributed by atoms with Gasteiger partial charge in [0.1, 0.15) is 12.4 Å². The van der Waals surface area contributed by atoms with Gasteiger partial charge < -0.3 is 19.1 Å². The van der Waals surface area contributed by atoms with Gasteiger partial charge in [0.2, 0.25) is 18.6 Å². The summed E-state index contributed by atoms with van der Waals surface area (Å²) >= 11 is 0. The average molecular weight is 339 g/mol. The predicted molar refractivity (Wildman–Crippen MR) is 89.2 cm³/mol. The Balaban J connectivity index is 1.34. The Morgan fingerprint density at radius 3 is 3.08 bits per heavy atom. The molecule has 128 valence electrons. The lowest BCUT2D eigenvalue weighted by atomic mass is 10.2. The van der Waals surface area contributed by atoms with Gasteiger partial charge in [0, 0.05) is 31.3 Å². The van der Waals surface area contributed by atoms with E-state index in [1.165, 1.54) is 6.33 Å². The highest BCUT2D eigenvalue weighted by Gasteiger charge is 2.26. The van der Waals surface area contributed by atoms with E-state index in [-0.39, 0.29) is 18.8 Å². The molecular weight excluding hydrogens is 322 g/mol. The molecule has 0 saturated carbocycles. The van der Waals surface area contributed by atoms with Gasteiger partial charge in [-0.3, -0.25) is 4.79 Å². The van der Waals surface area contributed by atoms with Crippen molar-refractivity contribution in [2.75, 3.05) is 19.9 Å². The van der Waals surface area contributed by atoms with Crippen LogP contribution in [-0.4, -0.2) is 46.8 Å². The van der Waals surface area contributed by atoms with E-state index in [9.17, 15) is 4.79 Å². The topological polar surface area (TPSA) is 73.8 Å². The van der Waals surface area contributed by atoms with Gasteiger partial charge in [-0.1, -0.05) is 6.07 Å². The molecule has 7 nitrogen and oxygen atoms in total. The molecule has 4 rings (SSSR count). The van der Waals surface area contributed by atoms with Crippen molar-refractivity contribution in [3.05, 3.63) is 48.4 Å². The fourth-order valence-electron chi connectivity index (χ4n) is 2.83. The number of hydrogen-bond donors (Lipinski definition) is 0. The lowest BCUT2D eigenvalue weighted by Gasteiger charge is -2.15. The van der Waals surface area contributed by atoms with Gasteiger partial charge in [0.05, 0.1) is 6.54 Å². The molecule has 1 aromatic heterocycles. The molecule has 0 bridgehead atoms. The second-order valence-electron chi connectivity index (χ2n) is 5.81. The number of carbonyl (C=O) groups excluding carboxylic acids is 1. The van der Waals surface area contributed by atoms with Crippen molar-refractivity contribution in [2.24, 2.45) is 0 Å². The van der Waals surface area contributed by atoms with Crippen LogP contribution in [0.5, 0.6) is 17.4 Å². The standard InChI is InChI=1S/C18H17N3O4/c22-18(4-2-13-1-3-15-16(9-13)24-12-23-15)21-8-6-14(10-21)25-17-5-7-19-11-20-17/h1-5,7,9,11,14H,6,8,10,12H2. The van der Waals surface area contributed by atoms with Crippen LogP contribution in [0.2, 0.25) is 0 Å². The maximum atomic E-state index is 12.4. The minimum atomic E-state index is -0.0437. The Morgan fingerprint density at radius 1 is 1.28 bits per heavy atom. The van der Waals surface area contributed by atoms with Gasteiger partial charge >= 0.3 is 0 Å². The average Bonchev–Trinajstić information content (AvgIpc) is 3.29. The summed E-state index contributed by atoms with van der Waals surface area (Å²) in [7, 11) is 0. The Labute approximate surface area is 144 Å². The van der Waals surface area contributed by atoms with E-state index >= 15 is 0 Å². The zero-order chi connectivity index (χ0) is 17.1. The number of aromatic nitrogens is 2. The fraction of sp³-hybridized carbons (Fsp3) is 0.278. The van der Waals surface area contributed by atoms with Crippen molar-refractivity contribution in [3.63, 3.8) is 0 Å². The van der Waals surface area contributed by atoms with Gasteiger partial charge in [-0.15, -0.1) is 0 Å². The number of hydrogen-bond acceptors (Lipinski definition) is 6. The summed E-state index contributed by atoms with van der Waals surface area (Å²) in [5.41, 5.74) is 0.894. The van der Waals surface area contributed by atoms with Crippen molar-refractivity contribution in [1.29, 1.82) is 0 Å². The maximum absolute atomic E-state index is 12.4. The number of fused-ring (bicyclic) bond motifs is 1. The monoisotopic (exact) mass is 339 g/mol. The molecule has 1 atom stereocenters. The molecular formula is C18H17N3O4. The van der Waals surface area contributed by atoms with Crippen LogP contribution >= 0.6 is 0 Å². The number of amides is 1.